The number of benzene rings is 1. The van der Waals surface area contributed by atoms with Crippen molar-refractivity contribution in [2.75, 3.05) is 38.9 Å². The zero-order valence-corrected chi connectivity index (χ0v) is 29.0. The van der Waals surface area contributed by atoms with E-state index in [0.29, 0.717) is 55.2 Å². The zero-order chi connectivity index (χ0) is 35.5. The molecule has 1 aromatic carbocycles. The number of aryl methyl sites for hydroxylation is 2. The van der Waals surface area contributed by atoms with Crippen molar-refractivity contribution >= 4 is 29.5 Å². The number of halogens is 1. The molecule has 2 rings (SSSR count). The highest BCUT2D eigenvalue weighted by atomic mass is 35.5. The fourth-order valence-corrected chi connectivity index (χ4v) is 4.18. The molecule has 10 nitrogen and oxygen atoms in total. The molecule has 0 aliphatic rings. The molecule has 0 bridgehead atoms. The number of nitrogens with zero attached hydrogens (tertiary/aromatic N) is 3. The van der Waals surface area contributed by atoms with Gasteiger partial charge in [0.05, 0.1) is 13.2 Å². The van der Waals surface area contributed by atoms with Crippen LogP contribution in [0.15, 0.2) is 61.0 Å². The van der Waals surface area contributed by atoms with E-state index in [4.69, 9.17) is 26.6 Å². The monoisotopic (exact) mass is 663 g/mol. The van der Waals surface area contributed by atoms with E-state index in [1.807, 2.05) is 38.4 Å². The maximum absolute atomic E-state index is 14.0. The van der Waals surface area contributed by atoms with Crippen LogP contribution in [0.25, 0.3) is 0 Å². The van der Waals surface area contributed by atoms with E-state index in [9.17, 15) is 14.7 Å². The molecule has 1 heterocycles. The number of terminal acetylenes is 1. The van der Waals surface area contributed by atoms with Gasteiger partial charge in [0.15, 0.2) is 0 Å². The van der Waals surface area contributed by atoms with Crippen LogP contribution >= 0.6 is 11.6 Å². The van der Waals surface area contributed by atoms with Gasteiger partial charge in [0.1, 0.15) is 24.8 Å². The van der Waals surface area contributed by atoms with Gasteiger partial charge in [-0.1, -0.05) is 38.4 Å². The Kier molecular flexibility index (Phi) is 26.0. The van der Waals surface area contributed by atoms with Gasteiger partial charge < -0.3 is 34.5 Å². The van der Waals surface area contributed by atoms with E-state index >= 15 is 0 Å². The summed E-state index contributed by atoms with van der Waals surface area (Å²) in [5.74, 6) is 0.429. The molecule has 1 aromatic heterocycles. The number of aldehydes is 1. The van der Waals surface area contributed by atoms with E-state index in [1.54, 1.807) is 47.5 Å². The van der Waals surface area contributed by atoms with Gasteiger partial charge in [-0.25, -0.2) is 0 Å². The molecule has 11 heteroatoms. The second-order valence-electron chi connectivity index (χ2n) is 10.6. The minimum Gasteiger partial charge on any atom is -0.499 e. The number of aliphatic hydroxyl groups is 3. The average molecular weight is 664 g/mol. The van der Waals surface area contributed by atoms with Gasteiger partial charge in [-0.2, -0.15) is 5.10 Å². The lowest BCUT2D eigenvalue weighted by Gasteiger charge is -2.34. The van der Waals surface area contributed by atoms with Crippen LogP contribution in [0.1, 0.15) is 59.1 Å². The molecular weight excluding hydrogens is 610 g/mol. The van der Waals surface area contributed by atoms with Crippen LogP contribution in [0, 0.1) is 18.3 Å². The molecule has 0 aliphatic carbocycles. The minimum atomic E-state index is -0.729. The third-order valence-corrected chi connectivity index (χ3v) is 6.85. The molecule has 46 heavy (non-hydrogen) atoms. The lowest BCUT2D eigenvalue weighted by molar-refractivity contribution is -0.135. The SMILES string of the molecule is C#C.C/C=C(\CO)OC.C=CC[C@H](CC)O[C@H](CCn1nccc1CCC=O)C(=O)N(CC(C)(C)CO)c1ccc(Cl)cc1.CO. The Balaban J connectivity index is 0. The number of hydrogen-bond donors (Lipinski definition) is 3. The summed E-state index contributed by atoms with van der Waals surface area (Å²) in [4.78, 5) is 26.5. The first-order valence-electron chi connectivity index (χ1n) is 15.1. The summed E-state index contributed by atoms with van der Waals surface area (Å²) in [6.45, 7) is 12.2. The maximum Gasteiger partial charge on any atom is 0.256 e. The third-order valence-electron chi connectivity index (χ3n) is 6.60. The van der Waals surface area contributed by atoms with Crippen molar-refractivity contribution < 1.29 is 34.4 Å². The number of aliphatic hydroxyl groups excluding tert-OH is 3. The van der Waals surface area contributed by atoms with E-state index in [0.717, 1.165) is 25.5 Å². The summed E-state index contributed by atoms with van der Waals surface area (Å²) >= 11 is 6.09. The Morgan fingerprint density at radius 1 is 1.20 bits per heavy atom. The highest BCUT2D eigenvalue weighted by Gasteiger charge is 2.32. The molecule has 2 atom stereocenters. The molecule has 0 saturated carbocycles. The number of methoxy groups -OCH3 is 1. The molecule has 258 valence electrons. The highest BCUT2D eigenvalue weighted by Crippen LogP contribution is 2.26. The van der Waals surface area contributed by atoms with Gasteiger partial charge in [-0.15, -0.1) is 19.4 Å². The first-order valence-corrected chi connectivity index (χ1v) is 15.4. The fraction of sp³-hybridized carbons (Fsp3) is 0.514. The number of carbonyl (C=O) groups is 2. The number of carbonyl (C=O) groups excluding carboxylic acids is 2. The summed E-state index contributed by atoms with van der Waals surface area (Å²) in [7, 11) is 2.53. The zero-order valence-electron chi connectivity index (χ0n) is 28.3. The molecular formula is C35H54ClN3O7. The Hall–Kier alpha value is -3.46. The largest absolute Gasteiger partial charge is 0.499 e. The first-order chi connectivity index (χ1) is 22.1. The quantitative estimate of drug-likeness (QED) is 0.0854. The Morgan fingerprint density at radius 3 is 2.28 bits per heavy atom. The molecule has 0 unspecified atom stereocenters. The van der Waals surface area contributed by atoms with Crippen LogP contribution in [0.3, 0.4) is 0 Å². The van der Waals surface area contributed by atoms with Crippen LogP contribution in [0.5, 0.6) is 0 Å². The number of rotatable bonds is 18. The van der Waals surface area contributed by atoms with Gasteiger partial charge >= 0.3 is 0 Å². The molecule has 0 radical (unpaired) electrons. The van der Waals surface area contributed by atoms with E-state index in [1.165, 1.54) is 7.11 Å². The lowest BCUT2D eigenvalue weighted by Crippen LogP contribution is -2.47. The third kappa shape index (κ3) is 17.3. The van der Waals surface area contributed by atoms with Crippen molar-refractivity contribution in [1.82, 2.24) is 9.78 Å². The smallest absolute Gasteiger partial charge is 0.256 e. The van der Waals surface area contributed by atoms with Crippen molar-refractivity contribution in [3.05, 3.63) is 71.7 Å². The molecule has 3 N–H and O–H groups in total. The fourth-order valence-electron chi connectivity index (χ4n) is 4.05. The standard InChI is InChI=1S/C27H38ClN3O4.C5H10O2.C2H2.CH4O/c1-5-8-24(6-2)35-25(15-17-31-23(9-7-18-32)14-16-29-31)26(34)30(19-27(3,4)20-33)22-12-10-21(28)11-13-22;1-3-5(4-6)7-2;2*1-2/h5,10-14,16,18,24-25,33H,1,6-9,15,17,19-20H2,2-4H3;3,6H,4H2,1-2H3;1-2H;2H,1H3/b;5-3+;;/t24-,25+;;;/m0.../s1. The van der Waals surface area contributed by atoms with Gasteiger partial charge in [-0.3, -0.25) is 9.48 Å². The van der Waals surface area contributed by atoms with E-state index in [-0.39, 0.29) is 25.2 Å². The summed E-state index contributed by atoms with van der Waals surface area (Å²) in [5, 5.41) is 30.2. The van der Waals surface area contributed by atoms with Crippen molar-refractivity contribution in [3.8, 4) is 12.8 Å². The van der Waals surface area contributed by atoms with Crippen LogP contribution in [0.4, 0.5) is 5.69 Å². The average Bonchev–Trinajstić information content (AvgIpc) is 3.54. The van der Waals surface area contributed by atoms with Crippen molar-refractivity contribution in [2.45, 2.75) is 78.6 Å². The van der Waals surface area contributed by atoms with Crippen molar-refractivity contribution in [2.24, 2.45) is 5.41 Å². The predicted octanol–water partition coefficient (Wildman–Crippen LogP) is 5.24. The predicted molar refractivity (Wildman–Crippen MR) is 186 cm³/mol. The van der Waals surface area contributed by atoms with Crippen LogP contribution in [-0.4, -0.2) is 83.5 Å². The number of anilines is 1. The van der Waals surface area contributed by atoms with Gasteiger partial charge in [-0.05, 0) is 62.6 Å². The number of amides is 1. The van der Waals surface area contributed by atoms with Gasteiger partial charge in [0.2, 0.25) is 0 Å². The van der Waals surface area contributed by atoms with E-state index < -0.39 is 11.5 Å². The van der Waals surface area contributed by atoms with Crippen molar-refractivity contribution in [3.63, 3.8) is 0 Å². The number of ether oxygens (including phenoxy) is 2. The molecule has 0 saturated heterocycles. The summed E-state index contributed by atoms with van der Waals surface area (Å²) in [5.41, 5.74) is 1.12. The Bertz CT molecular complexity index is 1140. The van der Waals surface area contributed by atoms with Gasteiger partial charge in [0.25, 0.3) is 5.91 Å². The topological polar surface area (TPSA) is 134 Å². The first kappa shape index (κ1) is 44.7. The second kappa shape index (κ2) is 26.7. The van der Waals surface area contributed by atoms with Crippen molar-refractivity contribution in [1.29, 1.82) is 0 Å². The molecule has 0 fully saturated rings. The molecule has 2 aromatic rings. The highest BCUT2D eigenvalue weighted by molar-refractivity contribution is 6.30. The normalized spacial score (nSPS) is 12.0. The van der Waals surface area contributed by atoms with Crippen LogP contribution in [-0.2, 0) is 32.0 Å². The minimum absolute atomic E-state index is 0.00694. The number of aromatic nitrogens is 2. The second-order valence-corrected chi connectivity index (χ2v) is 11.0. The molecule has 0 spiro atoms. The molecule has 1 amide bonds. The Morgan fingerprint density at radius 2 is 1.83 bits per heavy atom. The van der Waals surface area contributed by atoms with Crippen LogP contribution in [0.2, 0.25) is 5.02 Å². The summed E-state index contributed by atoms with van der Waals surface area (Å²) in [6, 6.07) is 8.98. The number of hydrogen-bond acceptors (Lipinski definition) is 8. The lowest BCUT2D eigenvalue weighted by atomic mass is 9.93. The number of allylic oxidation sites excluding steroid dienone is 1. The summed E-state index contributed by atoms with van der Waals surface area (Å²) < 4.78 is 12.8. The Labute approximate surface area is 280 Å². The molecule has 0 aliphatic heterocycles. The summed E-state index contributed by atoms with van der Waals surface area (Å²) in [6.07, 6.45) is 16.0. The van der Waals surface area contributed by atoms with E-state index in [2.05, 4.69) is 29.3 Å². The van der Waals surface area contributed by atoms with Gasteiger partial charge in [0, 0.05) is 67.7 Å². The maximum atomic E-state index is 14.0. The van der Waals surface area contributed by atoms with Crippen LogP contribution < -0.4 is 4.90 Å².